The lowest BCUT2D eigenvalue weighted by molar-refractivity contribution is -0.0166. The van der Waals surface area contributed by atoms with E-state index < -0.39 is 6.10 Å². The van der Waals surface area contributed by atoms with Crippen LogP contribution in [-0.2, 0) is 4.84 Å². The average Bonchev–Trinajstić information content (AvgIpc) is 2.94. The molecule has 0 saturated carbocycles. The van der Waals surface area contributed by atoms with Crippen LogP contribution in [0.2, 0.25) is 0 Å². The van der Waals surface area contributed by atoms with Gasteiger partial charge in [0.1, 0.15) is 11.9 Å². The highest BCUT2D eigenvalue weighted by molar-refractivity contribution is 6.01. The zero-order chi connectivity index (χ0) is 14.5. The molecule has 0 aromatic heterocycles. The number of nitrogens with zero attached hydrogens (tertiary/aromatic N) is 1. The van der Waals surface area contributed by atoms with Gasteiger partial charge in [0.25, 0.3) is 0 Å². The van der Waals surface area contributed by atoms with Gasteiger partial charge in [-0.3, -0.25) is 0 Å². The van der Waals surface area contributed by atoms with Crippen molar-refractivity contribution < 1.29 is 14.7 Å². The normalized spacial score (nSPS) is 19.6. The maximum atomic E-state index is 10.1. The van der Waals surface area contributed by atoms with Crippen LogP contribution >= 0.6 is 0 Å². The van der Waals surface area contributed by atoms with Gasteiger partial charge in [-0.15, -0.1) is 0 Å². The van der Waals surface area contributed by atoms with Gasteiger partial charge >= 0.3 is 0 Å². The minimum absolute atomic E-state index is 0.289. The average molecular weight is 278 g/mol. The predicted octanol–water partition coefficient (Wildman–Crippen LogP) is 1.55. The van der Waals surface area contributed by atoms with Crippen LogP contribution in [0.25, 0.3) is 0 Å². The second-order valence-electron chi connectivity index (χ2n) is 5.25. The van der Waals surface area contributed by atoms with E-state index in [-0.39, 0.29) is 6.10 Å². The number of benzene rings is 1. The number of aliphatic hydroxyl groups excluding tert-OH is 1. The first-order chi connectivity index (χ1) is 9.60. The van der Waals surface area contributed by atoms with E-state index in [0.29, 0.717) is 19.0 Å². The molecule has 0 radical (unpaired) electrons. The number of methoxy groups -OCH3 is 1. The maximum Gasteiger partial charge on any atom is 0.160 e. The number of hydrogen-bond acceptors (Lipinski definition) is 5. The summed E-state index contributed by atoms with van der Waals surface area (Å²) >= 11 is 0. The molecule has 20 heavy (non-hydrogen) atoms. The Bertz CT molecular complexity index is 474. The SMILES string of the molecule is COc1cccc(C2=NOC(C(O)CNC(C)C)C2)c1. The van der Waals surface area contributed by atoms with Crippen molar-refractivity contribution in [3.8, 4) is 5.75 Å². The van der Waals surface area contributed by atoms with E-state index in [1.165, 1.54) is 0 Å². The van der Waals surface area contributed by atoms with Crippen molar-refractivity contribution in [1.82, 2.24) is 5.32 Å². The van der Waals surface area contributed by atoms with Crippen molar-refractivity contribution in [2.75, 3.05) is 13.7 Å². The molecule has 5 nitrogen and oxygen atoms in total. The summed E-state index contributed by atoms with van der Waals surface area (Å²) in [6.45, 7) is 4.59. The molecule has 0 spiro atoms. The smallest absolute Gasteiger partial charge is 0.160 e. The van der Waals surface area contributed by atoms with E-state index in [0.717, 1.165) is 17.0 Å². The first-order valence-electron chi connectivity index (χ1n) is 6.88. The van der Waals surface area contributed by atoms with Gasteiger partial charge in [-0.1, -0.05) is 31.1 Å². The number of hydrogen-bond donors (Lipinski definition) is 2. The Balaban J connectivity index is 1.93. The van der Waals surface area contributed by atoms with E-state index >= 15 is 0 Å². The number of aliphatic hydroxyl groups is 1. The van der Waals surface area contributed by atoms with E-state index in [1.807, 2.05) is 38.1 Å². The first-order valence-corrected chi connectivity index (χ1v) is 6.88. The summed E-state index contributed by atoms with van der Waals surface area (Å²) < 4.78 is 5.20. The van der Waals surface area contributed by atoms with Gasteiger partial charge in [0.2, 0.25) is 0 Å². The van der Waals surface area contributed by atoms with Gasteiger partial charge in [-0.2, -0.15) is 0 Å². The van der Waals surface area contributed by atoms with Gasteiger partial charge in [-0.25, -0.2) is 0 Å². The number of ether oxygens (including phenoxy) is 1. The van der Waals surface area contributed by atoms with Crippen LogP contribution in [0.3, 0.4) is 0 Å². The largest absolute Gasteiger partial charge is 0.497 e. The molecule has 1 aliphatic heterocycles. The summed E-state index contributed by atoms with van der Waals surface area (Å²) in [6.07, 6.45) is -0.250. The maximum absolute atomic E-state index is 10.1. The minimum atomic E-state index is -0.566. The van der Waals surface area contributed by atoms with Crippen LogP contribution in [0, 0.1) is 0 Å². The molecule has 1 heterocycles. The highest BCUT2D eigenvalue weighted by Gasteiger charge is 2.29. The minimum Gasteiger partial charge on any atom is -0.497 e. The van der Waals surface area contributed by atoms with E-state index in [4.69, 9.17) is 9.57 Å². The van der Waals surface area contributed by atoms with Gasteiger partial charge < -0.3 is 20.0 Å². The lowest BCUT2D eigenvalue weighted by Gasteiger charge is -2.18. The fraction of sp³-hybridized carbons (Fsp3) is 0.533. The summed E-state index contributed by atoms with van der Waals surface area (Å²) in [5.74, 6) is 0.788. The zero-order valence-electron chi connectivity index (χ0n) is 12.2. The monoisotopic (exact) mass is 278 g/mol. The van der Waals surface area contributed by atoms with Crippen LogP contribution in [-0.4, -0.2) is 42.7 Å². The van der Waals surface area contributed by atoms with Crippen LogP contribution in [0.4, 0.5) is 0 Å². The van der Waals surface area contributed by atoms with E-state index in [2.05, 4.69) is 10.5 Å². The van der Waals surface area contributed by atoms with Crippen molar-refractivity contribution in [1.29, 1.82) is 0 Å². The quantitative estimate of drug-likeness (QED) is 0.828. The Hall–Kier alpha value is -1.59. The summed E-state index contributed by atoms with van der Waals surface area (Å²) in [5.41, 5.74) is 1.81. The molecule has 2 atom stereocenters. The topological polar surface area (TPSA) is 63.1 Å². The van der Waals surface area contributed by atoms with Gasteiger partial charge in [0.05, 0.1) is 12.8 Å². The summed E-state index contributed by atoms with van der Waals surface area (Å²) in [4.78, 5) is 5.34. The highest BCUT2D eigenvalue weighted by Crippen LogP contribution is 2.21. The van der Waals surface area contributed by atoms with Crippen molar-refractivity contribution >= 4 is 5.71 Å². The van der Waals surface area contributed by atoms with Crippen molar-refractivity contribution in [3.63, 3.8) is 0 Å². The fourth-order valence-corrected chi connectivity index (χ4v) is 2.06. The molecule has 0 amide bonds. The van der Waals surface area contributed by atoms with Crippen LogP contribution < -0.4 is 10.1 Å². The first kappa shape index (κ1) is 14.8. The molecule has 0 aliphatic carbocycles. The highest BCUT2D eigenvalue weighted by atomic mass is 16.7. The second-order valence-corrected chi connectivity index (χ2v) is 5.25. The van der Waals surface area contributed by atoms with Crippen molar-refractivity contribution in [2.24, 2.45) is 5.16 Å². The predicted molar refractivity (Wildman–Crippen MR) is 78.2 cm³/mol. The summed E-state index contributed by atoms with van der Waals surface area (Å²) in [7, 11) is 1.64. The standard InChI is InChI=1S/C15H22N2O3/c1-10(2)16-9-14(18)15-8-13(17-20-15)11-5-4-6-12(7-11)19-3/h4-7,10,14-16,18H,8-9H2,1-3H3. The second kappa shape index (κ2) is 6.72. The third kappa shape index (κ3) is 3.71. The van der Waals surface area contributed by atoms with Crippen molar-refractivity contribution in [3.05, 3.63) is 29.8 Å². The molecule has 1 aliphatic rings. The lowest BCUT2D eigenvalue weighted by Crippen LogP contribution is -2.39. The Morgan fingerprint density at radius 1 is 1.50 bits per heavy atom. The molecule has 0 fully saturated rings. The van der Waals surface area contributed by atoms with Gasteiger partial charge in [0, 0.05) is 24.6 Å². The molecule has 0 saturated heterocycles. The molecule has 110 valence electrons. The number of rotatable bonds is 6. The Morgan fingerprint density at radius 3 is 3.00 bits per heavy atom. The number of nitrogens with one attached hydrogen (secondary N) is 1. The van der Waals surface area contributed by atoms with Crippen LogP contribution in [0.1, 0.15) is 25.8 Å². The summed E-state index contributed by atoms with van der Waals surface area (Å²) in [6, 6.07) is 8.03. The number of oxime groups is 1. The summed E-state index contributed by atoms with van der Waals surface area (Å²) in [5, 5.41) is 17.4. The zero-order valence-corrected chi connectivity index (χ0v) is 12.2. The molecule has 2 rings (SSSR count). The van der Waals surface area contributed by atoms with E-state index in [9.17, 15) is 5.11 Å². The molecular formula is C15H22N2O3. The Kier molecular flexibility index (Phi) is 4.98. The molecule has 5 heteroatoms. The van der Waals surface area contributed by atoms with Gasteiger partial charge in [-0.05, 0) is 12.1 Å². The van der Waals surface area contributed by atoms with Crippen LogP contribution in [0.5, 0.6) is 5.75 Å². The lowest BCUT2D eigenvalue weighted by atomic mass is 10.0. The third-order valence-electron chi connectivity index (χ3n) is 3.26. The Labute approximate surface area is 119 Å². The molecule has 2 unspecified atom stereocenters. The molecule has 0 bridgehead atoms. The molecular weight excluding hydrogens is 256 g/mol. The third-order valence-corrected chi connectivity index (χ3v) is 3.26. The van der Waals surface area contributed by atoms with Crippen LogP contribution in [0.15, 0.2) is 29.4 Å². The molecule has 1 aromatic carbocycles. The molecule has 2 N–H and O–H groups in total. The van der Waals surface area contributed by atoms with Crippen molar-refractivity contribution in [2.45, 2.75) is 38.5 Å². The van der Waals surface area contributed by atoms with Gasteiger partial charge in [0.15, 0.2) is 6.10 Å². The van der Waals surface area contributed by atoms with E-state index in [1.54, 1.807) is 7.11 Å². The molecule has 1 aromatic rings. The fourth-order valence-electron chi connectivity index (χ4n) is 2.06. The Morgan fingerprint density at radius 2 is 2.30 bits per heavy atom.